The molecule has 1 saturated heterocycles. The second kappa shape index (κ2) is 11.7. The largest absolute Gasteiger partial charge is 0.368 e. The summed E-state index contributed by atoms with van der Waals surface area (Å²) < 4.78 is 0. The average Bonchev–Trinajstić information content (AvgIpc) is 3.13. The SMILES string of the molecule is CCC(C)CC1CC(C)CN1c1ccc(C(=C2CCC2)N(C)O)cc1.Cc1ccc(C)cc1. The van der Waals surface area contributed by atoms with E-state index in [1.165, 1.54) is 53.1 Å². The lowest BCUT2D eigenvalue weighted by atomic mass is 9.88. The van der Waals surface area contributed by atoms with Gasteiger partial charge in [0.2, 0.25) is 0 Å². The summed E-state index contributed by atoms with van der Waals surface area (Å²) in [5.41, 5.74) is 7.51. The van der Waals surface area contributed by atoms with Crippen LogP contribution < -0.4 is 4.90 Å². The van der Waals surface area contributed by atoms with Crippen molar-refractivity contribution >= 4 is 11.4 Å². The maximum absolute atomic E-state index is 10.0. The van der Waals surface area contributed by atoms with Gasteiger partial charge in [-0.2, -0.15) is 0 Å². The van der Waals surface area contributed by atoms with E-state index in [2.05, 4.69) is 88.0 Å². The van der Waals surface area contributed by atoms with Gasteiger partial charge in [0.05, 0.1) is 5.70 Å². The minimum Gasteiger partial charge on any atom is -0.368 e. The Bertz CT molecular complexity index is 871. The van der Waals surface area contributed by atoms with Gasteiger partial charge in [0.15, 0.2) is 0 Å². The summed E-state index contributed by atoms with van der Waals surface area (Å²) in [6.07, 6.45) is 7.33. The van der Waals surface area contributed by atoms with Crippen molar-refractivity contribution in [1.82, 2.24) is 5.06 Å². The number of benzene rings is 2. The van der Waals surface area contributed by atoms with E-state index in [4.69, 9.17) is 0 Å². The Kier molecular flexibility index (Phi) is 9.02. The maximum atomic E-state index is 10.0. The van der Waals surface area contributed by atoms with Crippen molar-refractivity contribution in [2.24, 2.45) is 11.8 Å². The van der Waals surface area contributed by atoms with Crippen LogP contribution in [0.25, 0.3) is 5.70 Å². The zero-order valence-corrected chi connectivity index (χ0v) is 21.6. The third-order valence-corrected chi connectivity index (χ3v) is 7.30. The minimum atomic E-state index is 0.667. The Balaban J connectivity index is 0.000000323. The smallest absolute Gasteiger partial charge is 0.0695 e. The third-order valence-electron chi connectivity index (χ3n) is 7.30. The Hall–Kier alpha value is -2.26. The molecule has 1 N–H and O–H groups in total. The molecule has 33 heavy (non-hydrogen) atoms. The van der Waals surface area contributed by atoms with E-state index in [0.29, 0.717) is 6.04 Å². The van der Waals surface area contributed by atoms with Crippen LogP contribution in [0.2, 0.25) is 0 Å². The van der Waals surface area contributed by atoms with Crippen LogP contribution in [-0.2, 0) is 0 Å². The van der Waals surface area contributed by atoms with E-state index in [-0.39, 0.29) is 0 Å². The third kappa shape index (κ3) is 6.86. The van der Waals surface area contributed by atoms with Crippen molar-refractivity contribution in [2.75, 3.05) is 18.5 Å². The molecule has 4 rings (SSSR count). The first-order valence-electron chi connectivity index (χ1n) is 12.8. The van der Waals surface area contributed by atoms with E-state index in [9.17, 15) is 5.21 Å². The Morgan fingerprint density at radius 2 is 1.61 bits per heavy atom. The van der Waals surface area contributed by atoms with Gasteiger partial charge < -0.3 is 4.90 Å². The van der Waals surface area contributed by atoms with Crippen LogP contribution >= 0.6 is 0 Å². The Morgan fingerprint density at radius 3 is 2.06 bits per heavy atom. The summed E-state index contributed by atoms with van der Waals surface area (Å²) >= 11 is 0. The molecule has 2 fully saturated rings. The van der Waals surface area contributed by atoms with Crippen LogP contribution in [0.5, 0.6) is 0 Å². The number of nitrogens with zero attached hydrogens (tertiary/aromatic N) is 2. The van der Waals surface area contributed by atoms with Crippen molar-refractivity contribution < 1.29 is 5.21 Å². The van der Waals surface area contributed by atoms with Gasteiger partial charge in [-0.15, -0.1) is 0 Å². The molecule has 0 bridgehead atoms. The monoisotopic (exact) mass is 448 g/mol. The molecule has 1 heterocycles. The fourth-order valence-electron chi connectivity index (χ4n) is 4.98. The second-order valence-corrected chi connectivity index (χ2v) is 10.4. The van der Waals surface area contributed by atoms with E-state index in [1.54, 1.807) is 7.05 Å². The fraction of sp³-hybridized carbons (Fsp3) is 0.533. The summed E-state index contributed by atoms with van der Waals surface area (Å²) in [6, 6.07) is 18.0. The van der Waals surface area contributed by atoms with E-state index < -0.39 is 0 Å². The van der Waals surface area contributed by atoms with Gasteiger partial charge >= 0.3 is 0 Å². The number of allylic oxidation sites excluding steroid dienone is 1. The molecule has 1 aliphatic carbocycles. The maximum Gasteiger partial charge on any atom is 0.0695 e. The van der Waals surface area contributed by atoms with Crippen LogP contribution in [0.1, 0.15) is 76.0 Å². The summed E-state index contributed by atoms with van der Waals surface area (Å²) in [5.74, 6) is 1.56. The number of hydrogen-bond donors (Lipinski definition) is 1. The average molecular weight is 449 g/mol. The highest BCUT2D eigenvalue weighted by molar-refractivity contribution is 5.69. The van der Waals surface area contributed by atoms with Gasteiger partial charge in [-0.05, 0) is 75.5 Å². The number of anilines is 1. The Labute approximate surface area is 202 Å². The van der Waals surface area contributed by atoms with Crippen LogP contribution in [-0.4, -0.2) is 29.9 Å². The molecule has 2 aromatic carbocycles. The van der Waals surface area contributed by atoms with E-state index in [1.807, 2.05) is 0 Å². The van der Waals surface area contributed by atoms with Gasteiger partial charge in [0.1, 0.15) is 0 Å². The van der Waals surface area contributed by atoms with Crippen LogP contribution in [0.3, 0.4) is 0 Å². The molecule has 1 saturated carbocycles. The van der Waals surface area contributed by atoms with Crippen molar-refractivity contribution in [2.45, 2.75) is 79.2 Å². The Morgan fingerprint density at radius 1 is 1.03 bits per heavy atom. The molecule has 0 aromatic heterocycles. The number of hydrogen-bond acceptors (Lipinski definition) is 3. The van der Waals surface area contributed by atoms with Gasteiger partial charge in [0.25, 0.3) is 0 Å². The highest BCUT2D eigenvalue weighted by Crippen LogP contribution is 2.37. The first kappa shape index (κ1) is 25.4. The topological polar surface area (TPSA) is 26.7 Å². The quantitative estimate of drug-likeness (QED) is 0.456. The molecule has 3 nitrogen and oxygen atoms in total. The molecule has 3 heteroatoms. The molecule has 3 unspecified atom stereocenters. The first-order valence-corrected chi connectivity index (χ1v) is 12.8. The molecular weight excluding hydrogens is 404 g/mol. The van der Waals surface area contributed by atoms with Crippen molar-refractivity contribution in [3.8, 4) is 0 Å². The number of aryl methyl sites for hydroxylation is 2. The summed E-state index contributed by atoms with van der Waals surface area (Å²) in [4.78, 5) is 2.61. The molecule has 0 spiro atoms. The highest BCUT2D eigenvalue weighted by Gasteiger charge is 2.30. The molecule has 2 aliphatic rings. The van der Waals surface area contributed by atoms with Gasteiger partial charge in [-0.1, -0.05) is 74.7 Å². The van der Waals surface area contributed by atoms with Gasteiger partial charge in [-0.3, -0.25) is 10.3 Å². The molecule has 2 aromatic rings. The predicted molar refractivity (Wildman–Crippen MR) is 142 cm³/mol. The lowest BCUT2D eigenvalue weighted by molar-refractivity contribution is -0.000710. The molecule has 0 amide bonds. The predicted octanol–water partition coefficient (Wildman–Crippen LogP) is 7.86. The lowest BCUT2D eigenvalue weighted by Crippen LogP contribution is -2.30. The van der Waals surface area contributed by atoms with E-state index in [0.717, 1.165) is 42.5 Å². The zero-order chi connectivity index (χ0) is 24.0. The first-order chi connectivity index (χ1) is 15.8. The van der Waals surface area contributed by atoms with Crippen LogP contribution in [0.15, 0.2) is 54.1 Å². The second-order valence-electron chi connectivity index (χ2n) is 10.4. The fourth-order valence-corrected chi connectivity index (χ4v) is 4.98. The minimum absolute atomic E-state index is 0.667. The number of hydroxylamine groups is 2. The summed E-state index contributed by atoms with van der Waals surface area (Å²) in [5, 5.41) is 11.3. The van der Waals surface area contributed by atoms with Gasteiger partial charge in [0, 0.05) is 30.9 Å². The number of rotatable bonds is 6. The molecule has 3 atom stereocenters. The van der Waals surface area contributed by atoms with Crippen molar-refractivity contribution in [1.29, 1.82) is 0 Å². The standard InChI is InChI=1S/C22H34N2O.C8H10/c1-5-16(2)13-21-14-17(3)15-24(21)20-11-9-19(10-12-20)22(23(4)25)18-7-6-8-18;1-7-3-5-8(2)6-4-7/h9-12,16-17,21,25H,5-8,13-15H2,1-4H3;3-6H,1-2H3. The van der Waals surface area contributed by atoms with E-state index >= 15 is 0 Å². The lowest BCUT2D eigenvalue weighted by Gasteiger charge is -2.30. The van der Waals surface area contributed by atoms with Gasteiger partial charge in [-0.25, -0.2) is 0 Å². The van der Waals surface area contributed by atoms with Crippen LogP contribution in [0, 0.1) is 25.7 Å². The summed E-state index contributed by atoms with van der Waals surface area (Å²) in [6.45, 7) is 12.4. The molecule has 0 radical (unpaired) electrons. The van der Waals surface area contributed by atoms with Crippen molar-refractivity contribution in [3.63, 3.8) is 0 Å². The molecular formula is C30H44N2O. The van der Waals surface area contributed by atoms with Crippen LogP contribution in [0.4, 0.5) is 5.69 Å². The summed E-state index contributed by atoms with van der Waals surface area (Å²) in [7, 11) is 1.74. The normalized spacial score (nSPS) is 20.6. The molecule has 1 aliphatic heterocycles. The van der Waals surface area contributed by atoms with Crippen molar-refractivity contribution in [3.05, 3.63) is 70.8 Å². The zero-order valence-electron chi connectivity index (χ0n) is 21.6. The highest BCUT2D eigenvalue weighted by atomic mass is 16.5. The molecule has 180 valence electrons.